The van der Waals surface area contributed by atoms with Crippen LogP contribution < -0.4 is 10.2 Å². The lowest BCUT2D eigenvalue weighted by atomic mass is 9.96. The minimum Gasteiger partial charge on any atom is -0.357 e. The molecule has 9 heteroatoms. The lowest BCUT2D eigenvalue weighted by molar-refractivity contribution is -0.137. The Morgan fingerprint density at radius 3 is 2.54 bits per heavy atom. The normalized spacial score (nSPS) is 15.9. The Bertz CT molecular complexity index is 749. The summed E-state index contributed by atoms with van der Waals surface area (Å²) in [6, 6.07) is 2.41. The summed E-state index contributed by atoms with van der Waals surface area (Å²) in [5.74, 6) is 1.16. The average molecular weight is 367 g/mol. The molecule has 3 rings (SSSR count). The molecule has 1 saturated heterocycles. The number of piperidine rings is 1. The van der Waals surface area contributed by atoms with Gasteiger partial charge >= 0.3 is 6.18 Å². The molecule has 1 aliphatic heterocycles. The highest BCUT2D eigenvalue weighted by molar-refractivity contribution is 5.78. The lowest BCUT2D eigenvalue weighted by Crippen LogP contribution is -2.40. The van der Waals surface area contributed by atoms with E-state index in [1.54, 1.807) is 6.20 Å². The molecule has 140 valence electrons. The zero-order chi connectivity index (χ0) is 18.7. The van der Waals surface area contributed by atoms with Gasteiger partial charge in [0.15, 0.2) is 0 Å². The predicted molar refractivity (Wildman–Crippen MR) is 89.2 cm³/mol. The number of aryl methyl sites for hydroxylation is 1. The molecule has 0 unspecified atom stereocenters. The lowest BCUT2D eigenvalue weighted by Gasteiger charge is -2.32. The van der Waals surface area contributed by atoms with Crippen molar-refractivity contribution in [1.29, 1.82) is 0 Å². The average Bonchev–Trinajstić information content (AvgIpc) is 3.04. The Balaban J connectivity index is 1.50. The molecule has 6 nitrogen and oxygen atoms in total. The van der Waals surface area contributed by atoms with Gasteiger partial charge in [0.2, 0.25) is 5.91 Å². The van der Waals surface area contributed by atoms with Crippen molar-refractivity contribution >= 4 is 11.7 Å². The van der Waals surface area contributed by atoms with E-state index in [2.05, 4.69) is 15.3 Å². The molecule has 0 spiro atoms. The van der Waals surface area contributed by atoms with Gasteiger partial charge in [-0.05, 0) is 25.0 Å². The standard InChI is InChI=1S/C17H20F3N5O/c1-24-9-6-21-15(24)11-23-16(26)12-4-7-25(8-5-12)14-3-2-13(10-22-14)17(18,19)20/h2-3,6,9-10,12H,4-5,7-8,11H2,1H3,(H,23,26). The summed E-state index contributed by atoms with van der Waals surface area (Å²) < 4.78 is 39.6. The molecule has 3 heterocycles. The zero-order valence-corrected chi connectivity index (χ0v) is 14.3. The number of carbonyl (C=O) groups is 1. The van der Waals surface area contributed by atoms with Gasteiger partial charge in [-0.3, -0.25) is 4.79 Å². The number of nitrogens with zero attached hydrogens (tertiary/aromatic N) is 4. The topological polar surface area (TPSA) is 63.1 Å². The maximum atomic E-state index is 12.6. The number of nitrogens with one attached hydrogen (secondary N) is 1. The minimum absolute atomic E-state index is 0.0203. The third kappa shape index (κ3) is 4.14. The van der Waals surface area contributed by atoms with Crippen LogP contribution in [0.5, 0.6) is 0 Å². The Hall–Kier alpha value is -2.58. The first kappa shape index (κ1) is 18.2. The summed E-state index contributed by atoms with van der Waals surface area (Å²) in [5.41, 5.74) is -0.759. The van der Waals surface area contributed by atoms with Crippen LogP contribution in [0.2, 0.25) is 0 Å². The molecule has 26 heavy (non-hydrogen) atoms. The second kappa shape index (κ2) is 7.35. The molecule has 0 bridgehead atoms. The van der Waals surface area contributed by atoms with Crippen LogP contribution in [0.4, 0.5) is 19.0 Å². The fourth-order valence-electron chi connectivity index (χ4n) is 2.99. The van der Waals surface area contributed by atoms with E-state index in [1.165, 1.54) is 6.07 Å². The van der Waals surface area contributed by atoms with Gasteiger partial charge < -0.3 is 14.8 Å². The number of imidazole rings is 1. The highest BCUT2D eigenvalue weighted by atomic mass is 19.4. The van der Waals surface area contributed by atoms with Gasteiger partial charge in [0.1, 0.15) is 11.6 Å². The molecule has 0 aromatic carbocycles. The number of aromatic nitrogens is 3. The van der Waals surface area contributed by atoms with Gasteiger partial charge in [0.25, 0.3) is 0 Å². The number of amides is 1. The summed E-state index contributed by atoms with van der Waals surface area (Å²) >= 11 is 0. The van der Waals surface area contributed by atoms with E-state index in [4.69, 9.17) is 0 Å². The number of pyridine rings is 1. The number of anilines is 1. The van der Waals surface area contributed by atoms with E-state index in [1.807, 2.05) is 22.7 Å². The molecule has 2 aromatic rings. The molecule has 1 amide bonds. The Morgan fingerprint density at radius 2 is 2.00 bits per heavy atom. The van der Waals surface area contributed by atoms with Crippen molar-refractivity contribution in [3.63, 3.8) is 0 Å². The summed E-state index contributed by atoms with van der Waals surface area (Å²) in [5, 5.41) is 2.89. The van der Waals surface area contributed by atoms with Crippen LogP contribution in [0.15, 0.2) is 30.7 Å². The van der Waals surface area contributed by atoms with Gasteiger partial charge in [0, 0.05) is 44.6 Å². The van der Waals surface area contributed by atoms with E-state index in [-0.39, 0.29) is 11.8 Å². The van der Waals surface area contributed by atoms with Crippen LogP contribution in [0.1, 0.15) is 24.2 Å². The molecule has 1 N–H and O–H groups in total. The SMILES string of the molecule is Cn1ccnc1CNC(=O)C1CCN(c2ccc(C(F)(F)F)cn2)CC1. The molecule has 1 aliphatic rings. The van der Waals surface area contributed by atoms with Gasteiger partial charge in [-0.25, -0.2) is 9.97 Å². The fourth-order valence-corrected chi connectivity index (χ4v) is 2.99. The molecular formula is C17H20F3N5O. The first-order valence-corrected chi connectivity index (χ1v) is 8.36. The van der Waals surface area contributed by atoms with Crippen LogP contribution in [-0.2, 0) is 24.6 Å². The third-order valence-electron chi connectivity index (χ3n) is 4.61. The first-order valence-electron chi connectivity index (χ1n) is 8.36. The maximum Gasteiger partial charge on any atom is 0.417 e. The van der Waals surface area contributed by atoms with Crippen molar-refractivity contribution in [2.45, 2.75) is 25.6 Å². The molecule has 2 aromatic heterocycles. The van der Waals surface area contributed by atoms with Gasteiger partial charge in [-0.15, -0.1) is 0 Å². The second-order valence-electron chi connectivity index (χ2n) is 6.34. The Labute approximate surface area is 149 Å². The Morgan fingerprint density at radius 1 is 1.27 bits per heavy atom. The predicted octanol–water partition coefficient (Wildman–Crippen LogP) is 2.37. The minimum atomic E-state index is -4.39. The van der Waals surface area contributed by atoms with Crippen molar-refractivity contribution in [3.8, 4) is 0 Å². The van der Waals surface area contributed by atoms with Crippen LogP contribution in [0, 0.1) is 5.92 Å². The highest BCUT2D eigenvalue weighted by Gasteiger charge is 2.31. The van der Waals surface area contributed by atoms with E-state index in [0.29, 0.717) is 38.3 Å². The molecule has 0 aliphatic carbocycles. The van der Waals surface area contributed by atoms with Crippen LogP contribution in [0.25, 0.3) is 0 Å². The monoisotopic (exact) mass is 367 g/mol. The van der Waals surface area contributed by atoms with E-state index >= 15 is 0 Å². The summed E-state index contributed by atoms with van der Waals surface area (Å²) in [7, 11) is 1.87. The van der Waals surface area contributed by atoms with Crippen LogP contribution >= 0.6 is 0 Å². The fraction of sp³-hybridized carbons (Fsp3) is 0.471. The van der Waals surface area contributed by atoms with Crippen LogP contribution in [-0.4, -0.2) is 33.5 Å². The van der Waals surface area contributed by atoms with Gasteiger partial charge in [-0.1, -0.05) is 0 Å². The maximum absolute atomic E-state index is 12.6. The molecule has 1 fully saturated rings. The van der Waals surface area contributed by atoms with Crippen molar-refractivity contribution in [3.05, 3.63) is 42.1 Å². The van der Waals surface area contributed by atoms with Gasteiger partial charge in [0.05, 0.1) is 12.1 Å². The third-order valence-corrected chi connectivity index (χ3v) is 4.61. The van der Waals surface area contributed by atoms with Crippen molar-refractivity contribution in [2.24, 2.45) is 13.0 Å². The number of halogens is 3. The number of hydrogen-bond acceptors (Lipinski definition) is 4. The van der Waals surface area contributed by atoms with Crippen molar-refractivity contribution < 1.29 is 18.0 Å². The second-order valence-corrected chi connectivity index (χ2v) is 6.34. The quantitative estimate of drug-likeness (QED) is 0.901. The van der Waals surface area contributed by atoms with Gasteiger partial charge in [-0.2, -0.15) is 13.2 Å². The smallest absolute Gasteiger partial charge is 0.357 e. The highest BCUT2D eigenvalue weighted by Crippen LogP contribution is 2.30. The number of hydrogen-bond donors (Lipinski definition) is 1. The van der Waals surface area contributed by atoms with Crippen molar-refractivity contribution in [1.82, 2.24) is 19.9 Å². The van der Waals surface area contributed by atoms with E-state index in [9.17, 15) is 18.0 Å². The summed E-state index contributed by atoms with van der Waals surface area (Å²) in [4.78, 5) is 22.3. The van der Waals surface area contributed by atoms with Crippen LogP contribution in [0.3, 0.4) is 0 Å². The Kier molecular flexibility index (Phi) is 5.15. The molecule has 0 atom stereocenters. The number of carbonyl (C=O) groups excluding carboxylic acids is 1. The van der Waals surface area contributed by atoms with E-state index in [0.717, 1.165) is 18.1 Å². The number of alkyl halides is 3. The summed E-state index contributed by atoms with van der Waals surface area (Å²) in [6.07, 6.45) is 1.23. The number of rotatable bonds is 4. The van der Waals surface area contributed by atoms with E-state index < -0.39 is 11.7 Å². The van der Waals surface area contributed by atoms with Crippen molar-refractivity contribution in [2.75, 3.05) is 18.0 Å². The molecule has 0 saturated carbocycles. The zero-order valence-electron chi connectivity index (χ0n) is 14.3. The summed E-state index contributed by atoms with van der Waals surface area (Å²) in [6.45, 7) is 1.54. The molecule has 0 radical (unpaired) electrons. The largest absolute Gasteiger partial charge is 0.417 e. The first-order chi connectivity index (χ1) is 12.3. The molecular weight excluding hydrogens is 347 g/mol.